The number of hydrogen-bond acceptors (Lipinski definition) is 0. The van der Waals surface area contributed by atoms with Crippen LogP contribution in [0.15, 0.2) is 158 Å². The van der Waals surface area contributed by atoms with E-state index in [-0.39, 0.29) is 0 Å². The minimum Gasteiger partial charge on any atom is -0.0622 e. The summed E-state index contributed by atoms with van der Waals surface area (Å²) >= 11 is 0. The second-order valence-electron chi connectivity index (χ2n) is 10.5. The molecule has 0 amide bonds. The molecular formula is C39H26. The molecule has 0 unspecified atom stereocenters. The molecule has 0 spiro atoms. The van der Waals surface area contributed by atoms with Crippen LogP contribution in [0.1, 0.15) is 22.3 Å². The van der Waals surface area contributed by atoms with Crippen molar-refractivity contribution in [3.63, 3.8) is 0 Å². The molecule has 7 aromatic rings. The van der Waals surface area contributed by atoms with E-state index >= 15 is 0 Å². The SMILES string of the molecule is c1ccc(C2(c3ccccc3)c3ccccc3-c3ccc4cc(-c5cccc6ccccc56)ccc4c32)cc1. The van der Waals surface area contributed by atoms with Gasteiger partial charge in [0.05, 0.1) is 5.41 Å². The van der Waals surface area contributed by atoms with Gasteiger partial charge in [0.15, 0.2) is 0 Å². The van der Waals surface area contributed by atoms with Crippen molar-refractivity contribution >= 4 is 21.5 Å². The van der Waals surface area contributed by atoms with Crippen molar-refractivity contribution in [1.82, 2.24) is 0 Å². The molecule has 39 heavy (non-hydrogen) atoms. The Morgan fingerprint density at radius 1 is 0.359 bits per heavy atom. The third-order valence-electron chi connectivity index (χ3n) is 8.53. The zero-order valence-electron chi connectivity index (χ0n) is 21.5. The first-order chi connectivity index (χ1) is 19.4. The van der Waals surface area contributed by atoms with Gasteiger partial charge in [-0.25, -0.2) is 0 Å². The Morgan fingerprint density at radius 3 is 1.79 bits per heavy atom. The number of benzene rings is 7. The zero-order chi connectivity index (χ0) is 25.8. The lowest BCUT2D eigenvalue weighted by Gasteiger charge is -2.34. The molecule has 182 valence electrons. The molecule has 0 aromatic heterocycles. The highest BCUT2D eigenvalue weighted by Crippen LogP contribution is 2.58. The van der Waals surface area contributed by atoms with Crippen LogP contribution in [-0.4, -0.2) is 0 Å². The van der Waals surface area contributed by atoms with Gasteiger partial charge in [-0.1, -0.05) is 152 Å². The minimum absolute atomic E-state index is 0.394. The third kappa shape index (κ3) is 3.12. The third-order valence-corrected chi connectivity index (χ3v) is 8.53. The van der Waals surface area contributed by atoms with Crippen molar-refractivity contribution in [3.8, 4) is 22.3 Å². The molecule has 0 heterocycles. The van der Waals surface area contributed by atoms with Crippen LogP contribution >= 0.6 is 0 Å². The molecule has 0 N–H and O–H groups in total. The van der Waals surface area contributed by atoms with Crippen molar-refractivity contribution in [2.45, 2.75) is 5.41 Å². The van der Waals surface area contributed by atoms with E-state index in [0.29, 0.717) is 0 Å². The van der Waals surface area contributed by atoms with Crippen molar-refractivity contribution in [2.75, 3.05) is 0 Å². The average molecular weight is 495 g/mol. The summed E-state index contributed by atoms with van der Waals surface area (Å²) in [5.74, 6) is 0. The summed E-state index contributed by atoms with van der Waals surface area (Å²) in [6.45, 7) is 0. The molecule has 7 aromatic carbocycles. The predicted octanol–water partition coefficient (Wildman–Crippen LogP) is 10.0. The number of rotatable bonds is 3. The van der Waals surface area contributed by atoms with Crippen LogP contribution in [0.2, 0.25) is 0 Å². The van der Waals surface area contributed by atoms with Crippen LogP contribution in [0, 0.1) is 0 Å². The van der Waals surface area contributed by atoms with E-state index in [2.05, 4.69) is 158 Å². The van der Waals surface area contributed by atoms with Crippen LogP contribution in [0.5, 0.6) is 0 Å². The molecule has 0 fully saturated rings. The average Bonchev–Trinajstić information content (AvgIpc) is 3.33. The van der Waals surface area contributed by atoms with Gasteiger partial charge in [0, 0.05) is 0 Å². The van der Waals surface area contributed by atoms with Crippen molar-refractivity contribution in [3.05, 3.63) is 180 Å². The molecule has 0 aliphatic heterocycles. The molecular weight excluding hydrogens is 468 g/mol. The number of hydrogen-bond donors (Lipinski definition) is 0. The summed E-state index contributed by atoms with van der Waals surface area (Å²) in [6.07, 6.45) is 0. The largest absolute Gasteiger partial charge is 0.0719 e. The maximum absolute atomic E-state index is 2.38. The summed E-state index contributed by atoms with van der Waals surface area (Å²) in [7, 11) is 0. The predicted molar refractivity (Wildman–Crippen MR) is 164 cm³/mol. The van der Waals surface area contributed by atoms with E-state index in [1.165, 1.54) is 66.1 Å². The second kappa shape index (κ2) is 8.55. The molecule has 1 aliphatic carbocycles. The van der Waals surface area contributed by atoms with Crippen LogP contribution in [0.3, 0.4) is 0 Å². The molecule has 0 saturated carbocycles. The first kappa shape index (κ1) is 22.1. The standard InChI is InChI=1S/C39H26/c1-3-14-30(15-4-1)39(31-16-5-2-6-17-31)37-21-10-9-19-35(37)36-25-23-29-26-28(22-24-34(29)38(36)39)33-20-11-13-27-12-7-8-18-32(27)33/h1-26H. The van der Waals surface area contributed by atoms with Crippen LogP contribution in [0.25, 0.3) is 43.8 Å². The lowest BCUT2D eigenvalue weighted by atomic mass is 9.66. The molecule has 0 atom stereocenters. The summed E-state index contributed by atoms with van der Waals surface area (Å²) in [5, 5.41) is 5.13. The quantitative estimate of drug-likeness (QED) is 0.229. The van der Waals surface area contributed by atoms with Gasteiger partial charge in [0.1, 0.15) is 0 Å². The van der Waals surface area contributed by atoms with E-state index in [1.807, 2.05) is 0 Å². The lowest BCUT2D eigenvalue weighted by Crippen LogP contribution is -2.28. The minimum atomic E-state index is -0.394. The molecule has 0 radical (unpaired) electrons. The van der Waals surface area contributed by atoms with Gasteiger partial charge < -0.3 is 0 Å². The normalized spacial score (nSPS) is 13.3. The first-order valence-electron chi connectivity index (χ1n) is 13.6. The summed E-state index contributed by atoms with van der Waals surface area (Å²) in [6, 6.07) is 58.0. The van der Waals surface area contributed by atoms with E-state index in [4.69, 9.17) is 0 Å². The second-order valence-corrected chi connectivity index (χ2v) is 10.5. The van der Waals surface area contributed by atoms with Gasteiger partial charge in [-0.2, -0.15) is 0 Å². The smallest absolute Gasteiger partial charge is 0.0622 e. The Balaban J connectivity index is 1.47. The Hall–Kier alpha value is -4.94. The fourth-order valence-corrected chi connectivity index (χ4v) is 6.93. The molecule has 8 rings (SSSR count). The summed E-state index contributed by atoms with van der Waals surface area (Å²) in [4.78, 5) is 0. The van der Waals surface area contributed by atoms with Crippen molar-refractivity contribution in [2.24, 2.45) is 0 Å². The maximum atomic E-state index is 2.38. The van der Waals surface area contributed by atoms with Gasteiger partial charge in [-0.15, -0.1) is 0 Å². The Labute approximate surface area is 228 Å². The fourth-order valence-electron chi connectivity index (χ4n) is 6.93. The lowest BCUT2D eigenvalue weighted by molar-refractivity contribution is 0.775. The first-order valence-corrected chi connectivity index (χ1v) is 13.6. The molecule has 1 aliphatic rings. The Morgan fingerprint density at radius 2 is 1.00 bits per heavy atom. The van der Waals surface area contributed by atoms with Gasteiger partial charge in [0.25, 0.3) is 0 Å². The van der Waals surface area contributed by atoms with Crippen molar-refractivity contribution < 1.29 is 0 Å². The topological polar surface area (TPSA) is 0 Å². The number of fused-ring (bicyclic) bond motifs is 6. The molecule has 0 saturated heterocycles. The van der Waals surface area contributed by atoms with Crippen molar-refractivity contribution in [1.29, 1.82) is 0 Å². The zero-order valence-corrected chi connectivity index (χ0v) is 21.5. The van der Waals surface area contributed by atoms with Gasteiger partial charge in [-0.05, 0) is 72.1 Å². The fraction of sp³-hybridized carbons (Fsp3) is 0.0256. The Kier molecular flexibility index (Phi) is 4.84. The van der Waals surface area contributed by atoms with E-state index < -0.39 is 5.41 Å². The van der Waals surface area contributed by atoms with E-state index in [1.54, 1.807) is 0 Å². The highest BCUT2D eigenvalue weighted by Gasteiger charge is 2.46. The van der Waals surface area contributed by atoms with Gasteiger partial charge in [-0.3, -0.25) is 0 Å². The van der Waals surface area contributed by atoms with Crippen LogP contribution < -0.4 is 0 Å². The highest BCUT2D eigenvalue weighted by molar-refractivity contribution is 6.03. The highest BCUT2D eigenvalue weighted by atomic mass is 14.5. The van der Waals surface area contributed by atoms with Gasteiger partial charge in [0.2, 0.25) is 0 Å². The molecule has 0 bridgehead atoms. The van der Waals surface area contributed by atoms with Gasteiger partial charge >= 0.3 is 0 Å². The van der Waals surface area contributed by atoms with E-state index in [9.17, 15) is 0 Å². The molecule has 0 nitrogen and oxygen atoms in total. The summed E-state index contributed by atoms with van der Waals surface area (Å²) < 4.78 is 0. The van der Waals surface area contributed by atoms with Crippen LogP contribution in [-0.2, 0) is 5.41 Å². The van der Waals surface area contributed by atoms with Crippen LogP contribution in [0.4, 0.5) is 0 Å². The van der Waals surface area contributed by atoms with E-state index in [0.717, 1.165) is 0 Å². The summed E-state index contributed by atoms with van der Waals surface area (Å²) in [5.41, 5.74) is 10.1. The monoisotopic (exact) mass is 494 g/mol. The Bertz CT molecular complexity index is 1950. The molecule has 0 heteroatoms. The maximum Gasteiger partial charge on any atom is 0.0719 e.